The molecule has 1 amide bonds. The standard InChI is InChI=1S/C22H24F4N2O3/c23-17-5-8-19(9-6-17)30-14-13-27-12-11-18-7-10-21(29)28(18)15-16-3-1-2-4-20(16)31-22(24,25)26/h1-6,8-9,18,27H,7,10-15H2/t18-/m0/s1. The van der Waals surface area contributed by atoms with E-state index in [9.17, 15) is 22.4 Å². The van der Waals surface area contributed by atoms with Gasteiger partial charge in [-0.05, 0) is 49.7 Å². The van der Waals surface area contributed by atoms with Gasteiger partial charge in [0, 0.05) is 31.1 Å². The van der Waals surface area contributed by atoms with Crippen molar-refractivity contribution in [2.75, 3.05) is 19.7 Å². The maximum absolute atomic E-state index is 12.9. The lowest BCUT2D eigenvalue weighted by molar-refractivity contribution is -0.275. The molecule has 0 saturated carbocycles. The van der Waals surface area contributed by atoms with Gasteiger partial charge in [0.2, 0.25) is 5.91 Å². The molecule has 1 saturated heterocycles. The van der Waals surface area contributed by atoms with E-state index in [0.717, 1.165) is 0 Å². The van der Waals surface area contributed by atoms with Gasteiger partial charge in [-0.25, -0.2) is 4.39 Å². The first-order valence-electron chi connectivity index (χ1n) is 10.0. The smallest absolute Gasteiger partial charge is 0.492 e. The average Bonchev–Trinajstić information content (AvgIpc) is 3.06. The Kier molecular flexibility index (Phi) is 7.73. The third kappa shape index (κ3) is 7.13. The van der Waals surface area contributed by atoms with Crippen LogP contribution in [0.25, 0.3) is 0 Å². The fraction of sp³-hybridized carbons (Fsp3) is 0.409. The number of hydrogen-bond donors (Lipinski definition) is 1. The van der Waals surface area contributed by atoms with Crippen LogP contribution in [0.1, 0.15) is 24.8 Å². The van der Waals surface area contributed by atoms with Gasteiger partial charge in [-0.2, -0.15) is 0 Å². The van der Waals surface area contributed by atoms with Crippen LogP contribution in [0.15, 0.2) is 48.5 Å². The van der Waals surface area contributed by atoms with Crippen LogP contribution in [0.2, 0.25) is 0 Å². The number of carbonyl (C=O) groups excluding carboxylic acids is 1. The molecule has 0 aromatic heterocycles. The second-order valence-corrected chi connectivity index (χ2v) is 7.21. The molecule has 1 aliphatic rings. The first-order chi connectivity index (χ1) is 14.8. The molecule has 1 heterocycles. The number of likely N-dealkylation sites (tertiary alicyclic amines) is 1. The van der Waals surface area contributed by atoms with E-state index < -0.39 is 6.36 Å². The third-order valence-electron chi connectivity index (χ3n) is 5.01. The van der Waals surface area contributed by atoms with E-state index in [2.05, 4.69) is 10.1 Å². The molecule has 1 aliphatic heterocycles. The van der Waals surface area contributed by atoms with Crippen molar-refractivity contribution < 1.29 is 31.8 Å². The summed E-state index contributed by atoms with van der Waals surface area (Å²) in [6.07, 6.45) is -3.08. The lowest BCUT2D eigenvalue weighted by Gasteiger charge is -2.26. The number of hydrogen-bond acceptors (Lipinski definition) is 4. The zero-order valence-electron chi connectivity index (χ0n) is 16.8. The third-order valence-corrected chi connectivity index (χ3v) is 5.01. The first kappa shape index (κ1) is 22.9. The minimum absolute atomic E-state index is 0.0584. The molecule has 1 atom stereocenters. The second kappa shape index (κ2) is 10.5. The Bertz CT molecular complexity index is 859. The van der Waals surface area contributed by atoms with Crippen LogP contribution in [0.4, 0.5) is 17.6 Å². The number of nitrogens with one attached hydrogen (secondary N) is 1. The number of rotatable bonds is 10. The molecule has 0 unspecified atom stereocenters. The molecular weight excluding hydrogens is 416 g/mol. The van der Waals surface area contributed by atoms with Crippen molar-refractivity contribution in [2.45, 2.75) is 38.2 Å². The van der Waals surface area contributed by atoms with Gasteiger partial charge in [0.05, 0.1) is 0 Å². The Morgan fingerprint density at radius 3 is 2.55 bits per heavy atom. The average molecular weight is 440 g/mol. The summed E-state index contributed by atoms with van der Waals surface area (Å²) < 4.78 is 60.4. The van der Waals surface area contributed by atoms with Crippen LogP contribution in [0.5, 0.6) is 11.5 Å². The van der Waals surface area contributed by atoms with Crippen molar-refractivity contribution in [1.29, 1.82) is 0 Å². The molecule has 9 heteroatoms. The predicted molar refractivity (Wildman–Crippen MR) is 106 cm³/mol. The van der Waals surface area contributed by atoms with Crippen molar-refractivity contribution in [1.82, 2.24) is 10.2 Å². The molecule has 5 nitrogen and oxygen atoms in total. The predicted octanol–water partition coefficient (Wildman–Crippen LogP) is 4.27. The number of benzene rings is 2. The quantitative estimate of drug-likeness (QED) is 0.443. The van der Waals surface area contributed by atoms with Crippen LogP contribution in [-0.2, 0) is 11.3 Å². The van der Waals surface area contributed by atoms with Gasteiger partial charge in [-0.1, -0.05) is 18.2 Å². The van der Waals surface area contributed by atoms with E-state index in [0.29, 0.717) is 50.3 Å². The summed E-state index contributed by atoms with van der Waals surface area (Å²) in [6, 6.07) is 11.6. The Balaban J connectivity index is 1.45. The Morgan fingerprint density at radius 2 is 1.81 bits per heavy atom. The van der Waals surface area contributed by atoms with Gasteiger partial charge in [-0.3, -0.25) is 4.79 Å². The highest BCUT2D eigenvalue weighted by Crippen LogP contribution is 2.30. The lowest BCUT2D eigenvalue weighted by Crippen LogP contribution is -2.35. The fourth-order valence-electron chi connectivity index (χ4n) is 3.52. The second-order valence-electron chi connectivity index (χ2n) is 7.21. The normalized spacial score (nSPS) is 16.6. The van der Waals surface area contributed by atoms with Crippen molar-refractivity contribution in [3.05, 3.63) is 59.9 Å². The topological polar surface area (TPSA) is 50.8 Å². The van der Waals surface area contributed by atoms with E-state index in [4.69, 9.17) is 4.74 Å². The van der Waals surface area contributed by atoms with Gasteiger partial charge in [-0.15, -0.1) is 13.2 Å². The van der Waals surface area contributed by atoms with Gasteiger partial charge in [0.1, 0.15) is 23.9 Å². The van der Waals surface area contributed by atoms with E-state index >= 15 is 0 Å². The minimum Gasteiger partial charge on any atom is -0.492 e. The summed E-state index contributed by atoms with van der Waals surface area (Å²) in [5.41, 5.74) is 0.320. The van der Waals surface area contributed by atoms with E-state index in [1.807, 2.05) is 0 Å². The zero-order valence-corrected chi connectivity index (χ0v) is 16.8. The van der Waals surface area contributed by atoms with Crippen molar-refractivity contribution in [3.63, 3.8) is 0 Å². The Hall–Kier alpha value is -2.81. The number of ether oxygens (including phenoxy) is 2. The number of alkyl halides is 3. The maximum Gasteiger partial charge on any atom is 0.573 e. The molecule has 1 N–H and O–H groups in total. The van der Waals surface area contributed by atoms with Crippen molar-refractivity contribution in [3.8, 4) is 11.5 Å². The maximum atomic E-state index is 12.9. The summed E-state index contributed by atoms with van der Waals surface area (Å²) in [4.78, 5) is 13.9. The minimum atomic E-state index is -4.79. The first-order valence-corrected chi connectivity index (χ1v) is 10.0. The molecule has 2 aromatic carbocycles. The monoisotopic (exact) mass is 440 g/mol. The number of para-hydroxylation sites is 1. The van der Waals surface area contributed by atoms with E-state index in [-0.39, 0.29) is 30.1 Å². The fourth-order valence-corrected chi connectivity index (χ4v) is 3.52. The highest BCUT2D eigenvalue weighted by Gasteiger charge is 2.34. The van der Waals surface area contributed by atoms with Crippen molar-refractivity contribution >= 4 is 5.91 Å². The Morgan fingerprint density at radius 1 is 1.06 bits per heavy atom. The molecule has 0 bridgehead atoms. The molecule has 0 spiro atoms. The summed E-state index contributed by atoms with van der Waals surface area (Å²) in [5, 5.41) is 3.23. The highest BCUT2D eigenvalue weighted by molar-refractivity contribution is 5.78. The molecule has 1 fully saturated rings. The Labute approximate surface area is 177 Å². The van der Waals surface area contributed by atoms with Gasteiger partial charge >= 0.3 is 6.36 Å². The number of nitrogens with zero attached hydrogens (tertiary/aromatic N) is 1. The van der Waals surface area contributed by atoms with Crippen molar-refractivity contribution in [2.24, 2.45) is 0 Å². The van der Waals surface area contributed by atoms with Gasteiger partial charge in [0.25, 0.3) is 0 Å². The number of halogens is 4. The molecule has 0 radical (unpaired) electrons. The van der Waals surface area contributed by atoms with Gasteiger partial charge in [0.15, 0.2) is 0 Å². The molecular formula is C22H24F4N2O3. The SMILES string of the molecule is O=C1CC[C@@H](CCNCCOc2ccc(F)cc2)N1Cc1ccccc1OC(F)(F)F. The van der Waals surface area contributed by atoms with Gasteiger partial charge < -0.3 is 19.7 Å². The number of carbonyl (C=O) groups is 1. The molecule has 168 valence electrons. The highest BCUT2D eigenvalue weighted by atomic mass is 19.4. The summed E-state index contributed by atoms with van der Waals surface area (Å²) in [7, 11) is 0. The van der Waals surface area contributed by atoms with E-state index in [1.165, 1.54) is 30.3 Å². The summed E-state index contributed by atoms with van der Waals surface area (Å²) in [5.74, 6) is -0.111. The van der Waals surface area contributed by atoms with Crippen LogP contribution in [0.3, 0.4) is 0 Å². The van der Waals surface area contributed by atoms with Crippen LogP contribution >= 0.6 is 0 Å². The summed E-state index contributed by atoms with van der Waals surface area (Å²) in [6.45, 7) is 1.67. The number of amides is 1. The lowest BCUT2D eigenvalue weighted by atomic mass is 10.1. The molecule has 0 aliphatic carbocycles. The zero-order chi connectivity index (χ0) is 22.3. The molecule has 31 heavy (non-hydrogen) atoms. The van der Waals surface area contributed by atoms with Crippen LogP contribution < -0.4 is 14.8 Å². The largest absolute Gasteiger partial charge is 0.573 e. The molecule has 2 aromatic rings. The van der Waals surface area contributed by atoms with E-state index in [1.54, 1.807) is 23.1 Å². The van der Waals surface area contributed by atoms with Crippen LogP contribution in [-0.4, -0.2) is 42.9 Å². The van der Waals surface area contributed by atoms with Crippen LogP contribution in [0, 0.1) is 5.82 Å². The molecule has 3 rings (SSSR count). The summed E-state index contributed by atoms with van der Waals surface area (Å²) >= 11 is 0.